The molecule has 1 aliphatic heterocycles. The molecule has 2 amide bonds. The summed E-state index contributed by atoms with van der Waals surface area (Å²) >= 11 is 0. The molecule has 2 aromatic rings. The van der Waals surface area contributed by atoms with Crippen molar-refractivity contribution in [1.29, 1.82) is 0 Å². The molecule has 0 spiro atoms. The average molecular weight is 344 g/mol. The zero-order valence-electron chi connectivity index (χ0n) is 14.8. The maximum absolute atomic E-state index is 12.4. The van der Waals surface area contributed by atoms with Crippen molar-refractivity contribution in [2.24, 2.45) is 5.92 Å². The van der Waals surface area contributed by atoms with Crippen LogP contribution in [0.3, 0.4) is 0 Å². The maximum atomic E-state index is 12.4. The van der Waals surface area contributed by atoms with Crippen LogP contribution in [-0.2, 0) is 4.74 Å². The van der Waals surface area contributed by atoms with Crippen molar-refractivity contribution in [2.75, 3.05) is 13.2 Å². The van der Waals surface area contributed by atoms with Gasteiger partial charge in [0.25, 0.3) is 0 Å². The number of rotatable bonds is 5. The number of aromatic nitrogens is 2. The van der Waals surface area contributed by atoms with E-state index in [-0.39, 0.29) is 23.5 Å². The first-order valence-electron chi connectivity index (χ1n) is 8.52. The Hall–Kier alpha value is -2.41. The van der Waals surface area contributed by atoms with Gasteiger partial charge in [-0.1, -0.05) is 49.3 Å². The van der Waals surface area contributed by atoms with Gasteiger partial charge in [-0.2, -0.15) is 4.98 Å². The molecular formula is C18H24N4O3. The number of carbonyl (C=O) groups excluding carboxylic acids is 1. The lowest BCUT2D eigenvalue weighted by molar-refractivity contribution is 0.168. The van der Waals surface area contributed by atoms with Crippen LogP contribution >= 0.6 is 0 Å². The Bertz CT molecular complexity index is 708. The van der Waals surface area contributed by atoms with Gasteiger partial charge >= 0.3 is 6.03 Å². The molecule has 2 heterocycles. The van der Waals surface area contributed by atoms with Crippen molar-refractivity contribution >= 4 is 6.03 Å². The highest BCUT2D eigenvalue weighted by Gasteiger charge is 2.33. The van der Waals surface area contributed by atoms with Crippen molar-refractivity contribution < 1.29 is 14.1 Å². The molecule has 0 unspecified atom stereocenters. The standard InChI is InChI=1S/C18H24N4O3/c1-12(2)14(19-17(23)21-18(3)9-10-24-11-18)16-20-15(22-25-16)13-7-5-4-6-8-13/h4-8,12,14H,9-11H2,1-3H3,(H2,19,21,23)/t14-,18-/m0/s1. The van der Waals surface area contributed by atoms with Crippen LogP contribution in [0.2, 0.25) is 0 Å². The van der Waals surface area contributed by atoms with Gasteiger partial charge in [0, 0.05) is 12.2 Å². The predicted octanol–water partition coefficient (Wildman–Crippen LogP) is 2.91. The summed E-state index contributed by atoms with van der Waals surface area (Å²) in [5.74, 6) is 1.01. The molecule has 2 atom stereocenters. The lowest BCUT2D eigenvalue weighted by Gasteiger charge is -2.26. The van der Waals surface area contributed by atoms with E-state index in [9.17, 15) is 4.79 Å². The van der Waals surface area contributed by atoms with Crippen molar-refractivity contribution in [1.82, 2.24) is 20.8 Å². The Labute approximate surface area is 147 Å². The number of carbonyl (C=O) groups is 1. The molecule has 1 aliphatic rings. The Morgan fingerprint density at radius 3 is 2.68 bits per heavy atom. The first kappa shape index (κ1) is 17.4. The molecule has 3 rings (SSSR count). The van der Waals surface area contributed by atoms with Crippen molar-refractivity contribution in [3.63, 3.8) is 0 Å². The smallest absolute Gasteiger partial charge is 0.315 e. The van der Waals surface area contributed by atoms with Crippen LogP contribution in [-0.4, -0.2) is 34.9 Å². The second kappa shape index (κ2) is 7.23. The monoisotopic (exact) mass is 344 g/mol. The van der Waals surface area contributed by atoms with Crippen LogP contribution in [0, 0.1) is 5.92 Å². The summed E-state index contributed by atoms with van der Waals surface area (Å²) in [6.45, 7) is 7.15. The molecule has 2 N–H and O–H groups in total. The van der Waals surface area contributed by atoms with Crippen molar-refractivity contribution in [3.8, 4) is 11.4 Å². The Balaban J connectivity index is 1.71. The third-order valence-corrected chi connectivity index (χ3v) is 4.33. The Morgan fingerprint density at radius 1 is 1.28 bits per heavy atom. The van der Waals surface area contributed by atoms with Gasteiger partial charge in [0.2, 0.25) is 11.7 Å². The Morgan fingerprint density at radius 2 is 2.04 bits per heavy atom. The van der Waals surface area contributed by atoms with E-state index in [0.717, 1.165) is 12.0 Å². The topological polar surface area (TPSA) is 89.3 Å². The van der Waals surface area contributed by atoms with E-state index in [1.807, 2.05) is 51.1 Å². The van der Waals surface area contributed by atoms with Crippen LogP contribution in [0.4, 0.5) is 4.79 Å². The van der Waals surface area contributed by atoms with Gasteiger partial charge in [0.1, 0.15) is 6.04 Å². The summed E-state index contributed by atoms with van der Waals surface area (Å²) in [7, 11) is 0. The molecule has 7 nitrogen and oxygen atoms in total. The molecule has 134 valence electrons. The summed E-state index contributed by atoms with van der Waals surface area (Å²) in [4.78, 5) is 16.9. The minimum atomic E-state index is -0.365. The fourth-order valence-electron chi connectivity index (χ4n) is 2.80. The third kappa shape index (κ3) is 4.17. The molecule has 0 saturated carbocycles. The number of nitrogens with zero attached hydrogens (tertiary/aromatic N) is 2. The minimum absolute atomic E-state index is 0.0995. The van der Waals surface area contributed by atoms with Gasteiger partial charge in [-0.15, -0.1) is 0 Å². The number of hydrogen-bond acceptors (Lipinski definition) is 5. The fourth-order valence-corrected chi connectivity index (χ4v) is 2.80. The van der Waals surface area contributed by atoms with E-state index < -0.39 is 0 Å². The molecule has 1 fully saturated rings. The first-order valence-corrected chi connectivity index (χ1v) is 8.52. The quantitative estimate of drug-likeness (QED) is 0.870. The molecule has 1 saturated heterocycles. The molecule has 1 aromatic carbocycles. The molecular weight excluding hydrogens is 320 g/mol. The van der Waals surface area contributed by atoms with E-state index in [4.69, 9.17) is 9.26 Å². The minimum Gasteiger partial charge on any atom is -0.379 e. The van der Waals surface area contributed by atoms with E-state index in [1.54, 1.807) is 0 Å². The number of benzene rings is 1. The van der Waals surface area contributed by atoms with Gasteiger partial charge in [-0.05, 0) is 19.3 Å². The lowest BCUT2D eigenvalue weighted by Crippen LogP contribution is -2.51. The van der Waals surface area contributed by atoms with Crippen LogP contribution in [0.1, 0.15) is 39.1 Å². The van der Waals surface area contributed by atoms with Crippen LogP contribution in [0.5, 0.6) is 0 Å². The number of urea groups is 1. The zero-order chi connectivity index (χ0) is 17.9. The average Bonchev–Trinajstić information content (AvgIpc) is 3.22. The fraction of sp³-hybridized carbons (Fsp3) is 0.500. The molecule has 1 aromatic heterocycles. The van der Waals surface area contributed by atoms with E-state index in [1.165, 1.54) is 0 Å². The van der Waals surface area contributed by atoms with Crippen molar-refractivity contribution in [2.45, 2.75) is 38.8 Å². The molecule has 0 aliphatic carbocycles. The van der Waals surface area contributed by atoms with Gasteiger partial charge in [0.15, 0.2) is 0 Å². The lowest BCUT2D eigenvalue weighted by atomic mass is 10.0. The molecule has 0 bridgehead atoms. The highest BCUT2D eigenvalue weighted by Crippen LogP contribution is 2.24. The van der Waals surface area contributed by atoms with Gasteiger partial charge < -0.3 is 19.9 Å². The Kier molecular flexibility index (Phi) is 5.03. The van der Waals surface area contributed by atoms with Gasteiger partial charge in [-0.3, -0.25) is 0 Å². The van der Waals surface area contributed by atoms with E-state index in [2.05, 4.69) is 20.8 Å². The van der Waals surface area contributed by atoms with E-state index in [0.29, 0.717) is 24.9 Å². The highest BCUT2D eigenvalue weighted by atomic mass is 16.5. The summed E-state index contributed by atoms with van der Waals surface area (Å²) in [6.07, 6.45) is 0.797. The molecule has 0 radical (unpaired) electrons. The summed E-state index contributed by atoms with van der Waals surface area (Å²) in [5.41, 5.74) is 0.537. The maximum Gasteiger partial charge on any atom is 0.315 e. The summed E-state index contributed by atoms with van der Waals surface area (Å²) in [5, 5.41) is 9.97. The van der Waals surface area contributed by atoms with Crippen LogP contribution in [0.25, 0.3) is 11.4 Å². The first-order chi connectivity index (χ1) is 12.0. The van der Waals surface area contributed by atoms with Gasteiger partial charge in [0.05, 0.1) is 12.1 Å². The van der Waals surface area contributed by atoms with Crippen molar-refractivity contribution in [3.05, 3.63) is 36.2 Å². The predicted molar refractivity (Wildman–Crippen MR) is 92.8 cm³/mol. The van der Waals surface area contributed by atoms with Gasteiger partial charge in [-0.25, -0.2) is 4.79 Å². The van der Waals surface area contributed by atoms with Crippen LogP contribution in [0.15, 0.2) is 34.9 Å². The third-order valence-electron chi connectivity index (χ3n) is 4.33. The second-order valence-corrected chi connectivity index (χ2v) is 7.01. The second-order valence-electron chi connectivity index (χ2n) is 7.01. The normalized spacial score (nSPS) is 21.3. The summed E-state index contributed by atoms with van der Waals surface area (Å²) in [6, 6.07) is 8.98. The molecule has 25 heavy (non-hydrogen) atoms. The zero-order valence-corrected chi connectivity index (χ0v) is 14.8. The number of hydrogen-bond donors (Lipinski definition) is 2. The number of ether oxygens (including phenoxy) is 1. The van der Waals surface area contributed by atoms with Crippen LogP contribution < -0.4 is 10.6 Å². The highest BCUT2D eigenvalue weighted by molar-refractivity contribution is 5.75. The SMILES string of the molecule is CC(C)[C@H](NC(=O)N[C@@]1(C)CCOC1)c1nc(-c2ccccc2)no1. The number of amides is 2. The number of nitrogens with one attached hydrogen (secondary N) is 2. The van der Waals surface area contributed by atoms with E-state index >= 15 is 0 Å². The molecule has 7 heteroatoms. The largest absolute Gasteiger partial charge is 0.379 e. The summed E-state index contributed by atoms with van der Waals surface area (Å²) < 4.78 is 10.8.